The van der Waals surface area contributed by atoms with Crippen LogP contribution in [-0.2, 0) is 14.5 Å². The molecule has 0 aliphatic carbocycles. The van der Waals surface area contributed by atoms with Crippen molar-refractivity contribution in [1.82, 2.24) is 0 Å². The Morgan fingerprint density at radius 1 is 1.24 bits per heavy atom. The molecular weight excluding hydrogens is 276 g/mol. The zero-order valence-electron chi connectivity index (χ0n) is 12.6. The van der Waals surface area contributed by atoms with E-state index in [1.807, 2.05) is 0 Å². The zero-order valence-corrected chi connectivity index (χ0v) is 12.6. The van der Waals surface area contributed by atoms with Gasteiger partial charge in [-0.2, -0.15) is 4.89 Å². The van der Waals surface area contributed by atoms with Crippen LogP contribution in [0.5, 0.6) is 11.5 Å². The van der Waals surface area contributed by atoms with Crippen LogP contribution in [-0.4, -0.2) is 33.4 Å². The Balaban J connectivity index is 2.42. The highest BCUT2D eigenvalue weighted by Gasteiger charge is 2.18. The highest BCUT2D eigenvalue weighted by molar-refractivity contribution is 5.93. The molecule has 1 radical (unpaired) electrons. The summed E-state index contributed by atoms with van der Waals surface area (Å²) in [6.07, 6.45) is 2.04. The molecule has 0 aliphatic heterocycles. The molecule has 0 amide bonds. The molecule has 0 spiro atoms. The van der Waals surface area contributed by atoms with Crippen LogP contribution in [0.25, 0.3) is 0 Å². The number of benzene rings is 1. The summed E-state index contributed by atoms with van der Waals surface area (Å²) in [5, 5.41) is 0. The third kappa shape index (κ3) is 5.61. The van der Waals surface area contributed by atoms with E-state index in [1.54, 1.807) is 18.2 Å². The highest BCUT2D eigenvalue weighted by atomic mass is 17.2. The lowest BCUT2D eigenvalue weighted by Gasteiger charge is -2.11. The van der Waals surface area contributed by atoms with Crippen LogP contribution in [0.1, 0.15) is 30.1 Å². The lowest BCUT2D eigenvalue weighted by atomic mass is 10.2. The Hall–Kier alpha value is -1.79. The van der Waals surface area contributed by atoms with Crippen LogP contribution in [0.15, 0.2) is 18.2 Å². The standard InChI is InChI=1S/C15H21O6/c1-4-5-9-19-10-11-20-21-15(16)12-7-6-8-13(17-2)14(12)18-3/h6-8,11H,4-5,9-10H2,1-3H3. The molecule has 1 aromatic rings. The maximum absolute atomic E-state index is 11.9. The fourth-order valence-electron chi connectivity index (χ4n) is 1.58. The number of ether oxygens (including phenoxy) is 3. The van der Waals surface area contributed by atoms with Gasteiger partial charge >= 0.3 is 5.97 Å². The first kappa shape index (κ1) is 17.3. The Morgan fingerprint density at radius 3 is 2.71 bits per heavy atom. The summed E-state index contributed by atoms with van der Waals surface area (Å²) in [7, 11) is 2.94. The molecule has 0 aromatic heterocycles. The summed E-state index contributed by atoms with van der Waals surface area (Å²) in [6.45, 7) is 4.25. The SMILES string of the molecule is CCCCOC[CH]OOC(=O)c1cccc(OC)c1OC. The van der Waals surface area contributed by atoms with E-state index in [0.29, 0.717) is 18.1 Å². The van der Waals surface area contributed by atoms with Crippen molar-refractivity contribution in [2.24, 2.45) is 0 Å². The van der Waals surface area contributed by atoms with E-state index in [4.69, 9.17) is 19.1 Å². The highest BCUT2D eigenvalue weighted by Crippen LogP contribution is 2.31. The molecule has 117 valence electrons. The normalized spacial score (nSPS) is 10.2. The number of carbonyl (C=O) groups is 1. The van der Waals surface area contributed by atoms with E-state index >= 15 is 0 Å². The van der Waals surface area contributed by atoms with Crippen molar-refractivity contribution in [3.8, 4) is 11.5 Å². The fourth-order valence-corrected chi connectivity index (χ4v) is 1.58. The molecule has 6 heteroatoms. The summed E-state index contributed by atoms with van der Waals surface area (Å²) in [5.41, 5.74) is 0.220. The van der Waals surface area contributed by atoms with Gasteiger partial charge in [0.2, 0.25) is 0 Å². The Kier molecular flexibility index (Phi) is 8.23. The van der Waals surface area contributed by atoms with Crippen LogP contribution in [0.3, 0.4) is 0 Å². The first-order valence-corrected chi connectivity index (χ1v) is 6.72. The number of unbranched alkanes of at least 4 members (excludes halogenated alkanes) is 1. The van der Waals surface area contributed by atoms with Crippen LogP contribution in [0.4, 0.5) is 0 Å². The molecule has 1 aromatic carbocycles. The topological polar surface area (TPSA) is 63.2 Å². The van der Waals surface area contributed by atoms with E-state index in [9.17, 15) is 4.79 Å². The quantitative estimate of drug-likeness (QED) is 0.376. The van der Waals surface area contributed by atoms with Crippen LogP contribution in [0.2, 0.25) is 0 Å². The molecule has 0 saturated heterocycles. The lowest BCUT2D eigenvalue weighted by molar-refractivity contribution is -0.218. The van der Waals surface area contributed by atoms with E-state index in [2.05, 4.69) is 11.8 Å². The minimum Gasteiger partial charge on any atom is -0.493 e. The second kappa shape index (κ2) is 10.0. The smallest absolute Gasteiger partial charge is 0.376 e. The van der Waals surface area contributed by atoms with E-state index < -0.39 is 5.97 Å². The van der Waals surface area contributed by atoms with Gasteiger partial charge in [-0.3, -0.25) is 4.89 Å². The summed E-state index contributed by atoms with van der Waals surface area (Å²) in [5.74, 6) is 0.0715. The fraction of sp³-hybridized carbons (Fsp3) is 0.467. The van der Waals surface area contributed by atoms with Gasteiger partial charge in [-0.1, -0.05) is 19.4 Å². The molecule has 0 atom stereocenters. The van der Waals surface area contributed by atoms with Gasteiger partial charge < -0.3 is 14.2 Å². The van der Waals surface area contributed by atoms with Crippen molar-refractivity contribution in [3.63, 3.8) is 0 Å². The van der Waals surface area contributed by atoms with E-state index in [-0.39, 0.29) is 12.2 Å². The molecule has 0 saturated carbocycles. The molecule has 21 heavy (non-hydrogen) atoms. The number of carbonyl (C=O) groups excluding carboxylic acids is 1. The Labute approximate surface area is 124 Å². The van der Waals surface area contributed by atoms with Crippen molar-refractivity contribution in [2.45, 2.75) is 19.8 Å². The minimum atomic E-state index is -0.671. The van der Waals surface area contributed by atoms with E-state index in [1.165, 1.54) is 20.8 Å². The predicted octanol–water partition coefficient (Wildman–Crippen LogP) is 2.77. The number of rotatable bonds is 10. The maximum Gasteiger partial charge on any atom is 0.376 e. The molecule has 0 aliphatic rings. The average molecular weight is 297 g/mol. The van der Waals surface area contributed by atoms with Gasteiger partial charge in [-0.05, 0) is 18.6 Å². The summed E-state index contributed by atoms with van der Waals surface area (Å²) >= 11 is 0. The monoisotopic (exact) mass is 297 g/mol. The van der Waals surface area contributed by atoms with Crippen molar-refractivity contribution < 1.29 is 28.8 Å². The number of para-hydroxylation sites is 1. The van der Waals surface area contributed by atoms with Crippen LogP contribution < -0.4 is 9.47 Å². The van der Waals surface area contributed by atoms with Crippen molar-refractivity contribution in [2.75, 3.05) is 27.4 Å². The third-order valence-electron chi connectivity index (χ3n) is 2.64. The lowest BCUT2D eigenvalue weighted by Crippen LogP contribution is -2.09. The molecule has 6 nitrogen and oxygen atoms in total. The van der Waals surface area contributed by atoms with Gasteiger partial charge in [0.05, 0.1) is 20.8 Å². The number of methoxy groups -OCH3 is 2. The Bertz CT molecular complexity index is 432. The number of hydrogen-bond acceptors (Lipinski definition) is 6. The molecule has 0 fully saturated rings. The number of hydrogen-bond donors (Lipinski definition) is 0. The maximum atomic E-state index is 11.9. The second-order valence-electron chi connectivity index (χ2n) is 4.10. The molecular formula is C15H21O6. The third-order valence-corrected chi connectivity index (χ3v) is 2.64. The zero-order chi connectivity index (χ0) is 15.5. The first-order chi connectivity index (χ1) is 10.2. The summed E-state index contributed by atoms with van der Waals surface area (Å²) < 4.78 is 15.5. The van der Waals surface area contributed by atoms with Crippen molar-refractivity contribution in [1.29, 1.82) is 0 Å². The second-order valence-corrected chi connectivity index (χ2v) is 4.10. The van der Waals surface area contributed by atoms with Gasteiger partial charge in [-0.25, -0.2) is 4.79 Å². The van der Waals surface area contributed by atoms with E-state index in [0.717, 1.165) is 12.8 Å². The molecule has 0 N–H and O–H groups in total. The molecule has 0 unspecified atom stereocenters. The molecule has 1 rings (SSSR count). The van der Waals surface area contributed by atoms with Gasteiger partial charge in [0.1, 0.15) is 5.56 Å². The summed E-state index contributed by atoms with van der Waals surface area (Å²) in [6, 6.07) is 4.91. The van der Waals surface area contributed by atoms with Crippen LogP contribution >= 0.6 is 0 Å². The Morgan fingerprint density at radius 2 is 2.05 bits per heavy atom. The molecule has 0 heterocycles. The minimum absolute atomic E-state index is 0.220. The predicted molar refractivity (Wildman–Crippen MR) is 76.1 cm³/mol. The summed E-state index contributed by atoms with van der Waals surface area (Å²) in [4.78, 5) is 21.3. The average Bonchev–Trinajstić information content (AvgIpc) is 2.52. The van der Waals surface area contributed by atoms with Crippen molar-refractivity contribution in [3.05, 3.63) is 30.4 Å². The van der Waals surface area contributed by atoms with Crippen molar-refractivity contribution >= 4 is 5.97 Å². The largest absolute Gasteiger partial charge is 0.493 e. The van der Waals surface area contributed by atoms with Gasteiger partial charge in [-0.15, -0.1) is 0 Å². The van der Waals surface area contributed by atoms with Crippen LogP contribution in [0, 0.1) is 6.61 Å². The molecule has 0 bridgehead atoms. The van der Waals surface area contributed by atoms with Gasteiger partial charge in [0.25, 0.3) is 0 Å². The van der Waals surface area contributed by atoms with Gasteiger partial charge in [0.15, 0.2) is 18.1 Å². The first-order valence-electron chi connectivity index (χ1n) is 6.72. The van der Waals surface area contributed by atoms with Gasteiger partial charge in [0, 0.05) is 6.61 Å².